The van der Waals surface area contributed by atoms with Crippen LogP contribution in [0, 0.1) is 0 Å². The second-order valence-corrected chi connectivity index (χ2v) is 1.68. The van der Waals surface area contributed by atoms with Crippen molar-refractivity contribution in [3.8, 4) is 0 Å². The fourth-order valence-electron chi connectivity index (χ4n) is 0.321. The Hall–Kier alpha value is 0.420. The van der Waals surface area contributed by atoms with E-state index in [1.807, 2.05) is 29.9 Å². The number of nitrogens with two attached hydrogens (primary N) is 1. The molecule has 0 aromatic carbocycles. The molecule has 7 heteroatoms. The second-order valence-electron chi connectivity index (χ2n) is 1.20. The molecule has 1 aliphatic rings. The van der Waals surface area contributed by atoms with Gasteiger partial charge in [0.15, 0.2) is 0 Å². The molecule has 0 saturated heterocycles. The van der Waals surface area contributed by atoms with Crippen LogP contribution in [-0.4, -0.2) is 10.4 Å². The SMILES string of the molecule is C1=C[NH2+]C=C1.O=[P+]([O-])O.[Na+].[OH-]. The number of hydrogen-bond donors (Lipinski definition) is 2. The third-order valence-corrected chi connectivity index (χ3v) is 0.556. The van der Waals surface area contributed by atoms with E-state index in [4.69, 9.17) is 14.4 Å². The van der Waals surface area contributed by atoms with Crippen LogP contribution in [-0.2, 0) is 4.57 Å². The molecule has 0 aromatic heterocycles. The Morgan fingerprint density at radius 2 is 1.64 bits per heavy atom. The van der Waals surface area contributed by atoms with Crippen molar-refractivity contribution >= 4 is 8.25 Å². The number of hydrogen-bond acceptors (Lipinski definition) is 3. The van der Waals surface area contributed by atoms with E-state index in [-0.39, 0.29) is 35.0 Å². The van der Waals surface area contributed by atoms with Gasteiger partial charge in [0.25, 0.3) is 0 Å². The maximum absolute atomic E-state index is 8.59. The molecule has 4 N–H and O–H groups in total. The van der Waals surface area contributed by atoms with Crippen LogP contribution in [0.25, 0.3) is 0 Å². The van der Waals surface area contributed by atoms with Gasteiger partial charge in [-0.3, -0.25) is 5.32 Å². The van der Waals surface area contributed by atoms with Gasteiger partial charge < -0.3 is 10.4 Å². The van der Waals surface area contributed by atoms with Gasteiger partial charge >= 0.3 is 37.8 Å². The Bertz CT molecular complexity index is 135. The molecule has 1 atom stereocenters. The third-order valence-electron chi connectivity index (χ3n) is 0.556. The molecule has 0 amide bonds. The fraction of sp³-hybridized carbons (Fsp3) is 0. The summed E-state index contributed by atoms with van der Waals surface area (Å²) in [5.74, 6) is 0. The van der Waals surface area contributed by atoms with Gasteiger partial charge in [-0.15, -0.1) is 0 Å². The van der Waals surface area contributed by atoms with E-state index in [1.165, 1.54) is 0 Å². The third kappa shape index (κ3) is 25.1. The predicted molar refractivity (Wildman–Crippen MR) is 32.0 cm³/mol. The smallest absolute Gasteiger partial charge is 0.870 e. The number of quaternary nitrogens is 1. The zero-order valence-corrected chi connectivity index (χ0v) is 8.94. The molecule has 1 aliphatic heterocycles. The summed E-state index contributed by atoms with van der Waals surface area (Å²) in [6.45, 7) is 0. The van der Waals surface area contributed by atoms with Crippen molar-refractivity contribution in [1.29, 1.82) is 0 Å². The summed E-state index contributed by atoms with van der Waals surface area (Å²) < 4.78 is 8.59. The molecule has 1 unspecified atom stereocenters. The molecule has 11 heavy (non-hydrogen) atoms. The topological polar surface area (TPSA) is 107 Å². The van der Waals surface area contributed by atoms with Crippen LogP contribution in [0.1, 0.15) is 0 Å². The van der Waals surface area contributed by atoms with Gasteiger partial charge in [0, 0.05) is 0 Å². The van der Waals surface area contributed by atoms with E-state index in [0.29, 0.717) is 0 Å². The predicted octanol–water partition coefficient (Wildman–Crippen LogP) is -4.59. The molecule has 5 nitrogen and oxygen atoms in total. The van der Waals surface area contributed by atoms with Gasteiger partial charge in [0.2, 0.25) is 0 Å². The van der Waals surface area contributed by atoms with Crippen molar-refractivity contribution in [2.24, 2.45) is 0 Å². The number of rotatable bonds is 0. The average Bonchev–Trinajstić information content (AvgIpc) is 2.11. The average molecular weight is 188 g/mol. The molecule has 0 aromatic rings. The minimum absolute atomic E-state index is 0. The molecule has 0 radical (unpaired) electrons. The zero-order valence-electron chi connectivity index (χ0n) is 6.04. The molecular formula is C4H8NNaO4P+. The second kappa shape index (κ2) is 13.0. The molecule has 0 aliphatic carbocycles. The molecule has 1 rings (SSSR count). The first-order valence-electron chi connectivity index (χ1n) is 2.23. The quantitative estimate of drug-likeness (QED) is 0.294. The summed E-state index contributed by atoms with van der Waals surface area (Å²) in [5, 5.41) is 2.00. The maximum atomic E-state index is 8.59. The number of allylic oxidation sites excluding steroid dienone is 2. The Balaban J connectivity index is -0.000000101. The van der Waals surface area contributed by atoms with Crippen molar-refractivity contribution in [2.75, 3.05) is 0 Å². The van der Waals surface area contributed by atoms with Crippen molar-refractivity contribution < 1.29 is 54.7 Å². The summed E-state index contributed by atoms with van der Waals surface area (Å²) >= 11 is 0. The van der Waals surface area contributed by atoms with Crippen LogP contribution < -0.4 is 39.8 Å². The largest absolute Gasteiger partial charge is 1.00 e. The van der Waals surface area contributed by atoms with Crippen LogP contribution in [0.15, 0.2) is 24.6 Å². The van der Waals surface area contributed by atoms with Crippen molar-refractivity contribution in [2.45, 2.75) is 0 Å². The van der Waals surface area contributed by atoms with E-state index >= 15 is 0 Å². The van der Waals surface area contributed by atoms with E-state index in [0.717, 1.165) is 0 Å². The Kier molecular flexibility index (Phi) is 20.7. The van der Waals surface area contributed by atoms with Crippen molar-refractivity contribution in [3.63, 3.8) is 0 Å². The van der Waals surface area contributed by atoms with E-state index in [1.54, 1.807) is 0 Å². The van der Waals surface area contributed by atoms with Gasteiger partial charge in [-0.1, -0.05) is 0 Å². The van der Waals surface area contributed by atoms with E-state index in [2.05, 4.69) is 0 Å². The maximum Gasteiger partial charge on any atom is 1.00 e. The first-order chi connectivity index (χ1) is 4.23. The first kappa shape index (κ1) is 17.5. The van der Waals surface area contributed by atoms with Gasteiger partial charge in [0.05, 0.1) is 12.4 Å². The standard InChI is InChI=1S/C4H5N.Na.HO3P.H2O/c1-2-4-5-3-1;;1-4(2)3;/h1-5H;;(H,1,2,3);1H2/q;+1;;. The van der Waals surface area contributed by atoms with Crippen LogP contribution in [0.4, 0.5) is 0 Å². The Morgan fingerprint density at radius 1 is 1.36 bits per heavy atom. The van der Waals surface area contributed by atoms with Crippen LogP contribution in [0.3, 0.4) is 0 Å². The van der Waals surface area contributed by atoms with Gasteiger partial charge in [-0.25, -0.2) is 0 Å². The minimum Gasteiger partial charge on any atom is -0.870 e. The van der Waals surface area contributed by atoms with Gasteiger partial charge in [0.1, 0.15) is 0 Å². The molecule has 0 saturated carbocycles. The van der Waals surface area contributed by atoms with Crippen LogP contribution in [0.5, 0.6) is 0 Å². The summed E-state index contributed by atoms with van der Waals surface area (Å²) in [7, 11) is -3.12. The van der Waals surface area contributed by atoms with Crippen LogP contribution >= 0.6 is 8.25 Å². The monoisotopic (exact) mass is 188 g/mol. The normalized spacial score (nSPS) is 12.0. The van der Waals surface area contributed by atoms with Crippen LogP contribution in [0.2, 0.25) is 0 Å². The molecule has 1 heterocycles. The fourth-order valence-corrected chi connectivity index (χ4v) is 0.321. The van der Waals surface area contributed by atoms with Gasteiger partial charge in [-0.2, -0.15) is 4.89 Å². The molecular weight excluding hydrogens is 180 g/mol. The van der Waals surface area contributed by atoms with E-state index in [9.17, 15) is 0 Å². The minimum atomic E-state index is -3.12. The molecule has 0 fully saturated rings. The Labute approximate surface area is 87.4 Å². The Morgan fingerprint density at radius 3 is 1.73 bits per heavy atom. The van der Waals surface area contributed by atoms with Crippen molar-refractivity contribution in [3.05, 3.63) is 24.6 Å². The van der Waals surface area contributed by atoms with E-state index < -0.39 is 8.25 Å². The molecule has 58 valence electrons. The molecule has 0 bridgehead atoms. The molecule has 0 spiro atoms. The summed E-state index contributed by atoms with van der Waals surface area (Å²) in [4.78, 5) is 15.6. The summed E-state index contributed by atoms with van der Waals surface area (Å²) in [6.07, 6.45) is 8.00. The summed E-state index contributed by atoms with van der Waals surface area (Å²) in [5.41, 5.74) is 0. The first-order valence-corrected chi connectivity index (χ1v) is 3.36. The van der Waals surface area contributed by atoms with Gasteiger partial charge in [-0.05, 0) is 16.7 Å². The zero-order chi connectivity index (χ0) is 7.11. The van der Waals surface area contributed by atoms with Crippen molar-refractivity contribution in [1.82, 2.24) is 0 Å². The summed E-state index contributed by atoms with van der Waals surface area (Å²) in [6, 6.07) is 0.